The molecule has 0 aromatic carbocycles. The third-order valence-corrected chi connectivity index (χ3v) is 4.37. The zero-order valence-corrected chi connectivity index (χ0v) is 13.1. The van der Waals surface area contributed by atoms with Crippen LogP contribution in [0.2, 0.25) is 0 Å². The summed E-state index contributed by atoms with van der Waals surface area (Å²) in [7, 11) is 1.60. The summed E-state index contributed by atoms with van der Waals surface area (Å²) in [4.78, 5) is 17.5. The van der Waals surface area contributed by atoms with Crippen molar-refractivity contribution < 1.29 is 13.6 Å². The molecular formula is C15H24F2N4O. The Bertz CT molecular complexity index is 492. The average molecular weight is 314 g/mol. The lowest BCUT2D eigenvalue weighted by molar-refractivity contribution is 0.0650. The summed E-state index contributed by atoms with van der Waals surface area (Å²) >= 11 is 0. The Hall–Kier alpha value is -1.66. The second kappa shape index (κ2) is 7.56. The van der Waals surface area contributed by atoms with Crippen molar-refractivity contribution in [3.8, 4) is 0 Å². The monoisotopic (exact) mass is 314 g/mol. The summed E-state index contributed by atoms with van der Waals surface area (Å²) in [6, 6.07) is -0.0472. The van der Waals surface area contributed by atoms with Crippen LogP contribution in [0.3, 0.4) is 0 Å². The number of aromatic nitrogens is 2. The number of amides is 2. The Morgan fingerprint density at radius 3 is 3.00 bits per heavy atom. The van der Waals surface area contributed by atoms with Gasteiger partial charge in [-0.25, -0.2) is 9.78 Å². The number of hydrogen-bond acceptors (Lipinski definition) is 2. The maximum Gasteiger partial charge on any atom is 0.319 e. The number of carbonyl (C=O) groups is 1. The fourth-order valence-corrected chi connectivity index (χ4v) is 3.01. The number of imidazole rings is 1. The molecule has 1 saturated carbocycles. The van der Waals surface area contributed by atoms with Gasteiger partial charge in [0, 0.05) is 25.5 Å². The van der Waals surface area contributed by atoms with Gasteiger partial charge in [0.05, 0.1) is 6.54 Å². The Morgan fingerprint density at radius 2 is 2.32 bits per heavy atom. The van der Waals surface area contributed by atoms with E-state index in [4.69, 9.17) is 0 Å². The molecule has 0 saturated heterocycles. The van der Waals surface area contributed by atoms with E-state index < -0.39 is 6.55 Å². The number of halogens is 2. The van der Waals surface area contributed by atoms with Crippen LogP contribution >= 0.6 is 0 Å². The SMILES string of the molecule is CC[C@@H]1CCC[C@H](NC(=O)N(C)Cc2nccn2C(F)F)C1. The Morgan fingerprint density at radius 1 is 1.55 bits per heavy atom. The first kappa shape index (κ1) is 16.7. The largest absolute Gasteiger partial charge is 0.335 e. The van der Waals surface area contributed by atoms with Crippen LogP contribution < -0.4 is 5.32 Å². The van der Waals surface area contributed by atoms with Gasteiger partial charge in [-0.3, -0.25) is 4.57 Å². The molecule has 1 fully saturated rings. The first-order chi connectivity index (χ1) is 10.5. The lowest BCUT2D eigenvalue weighted by Crippen LogP contribution is -2.44. The van der Waals surface area contributed by atoms with Crippen molar-refractivity contribution in [3.63, 3.8) is 0 Å². The molecule has 0 spiro atoms. The van der Waals surface area contributed by atoms with E-state index >= 15 is 0 Å². The second-order valence-corrected chi connectivity index (χ2v) is 5.97. The summed E-state index contributed by atoms with van der Waals surface area (Å²) in [6.45, 7) is -0.407. The molecular weight excluding hydrogens is 290 g/mol. The van der Waals surface area contributed by atoms with Crippen molar-refractivity contribution in [2.24, 2.45) is 5.92 Å². The number of hydrogen-bond donors (Lipinski definition) is 1. The van der Waals surface area contributed by atoms with Gasteiger partial charge >= 0.3 is 12.6 Å². The summed E-state index contributed by atoms with van der Waals surface area (Å²) in [6.07, 6.45) is 8.02. The highest BCUT2D eigenvalue weighted by Crippen LogP contribution is 2.26. The van der Waals surface area contributed by atoms with Gasteiger partial charge in [-0.15, -0.1) is 0 Å². The predicted molar refractivity (Wildman–Crippen MR) is 79.5 cm³/mol. The van der Waals surface area contributed by atoms with Crippen molar-refractivity contribution in [1.82, 2.24) is 19.8 Å². The zero-order chi connectivity index (χ0) is 16.1. The number of carbonyl (C=O) groups excluding carboxylic acids is 1. The van der Waals surface area contributed by atoms with Gasteiger partial charge in [0.15, 0.2) is 0 Å². The number of rotatable bonds is 5. The van der Waals surface area contributed by atoms with Crippen molar-refractivity contribution in [3.05, 3.63) is 18.2 Å². The van der Waals surface area contributed by atoms with Crippen LogP contribution in [0.1, 0.15) is 51.4 Å². The van der Waals surface area contributed by atoms with Crippen LogP contribution in [0.15, 0.2) is 12.4 Å². The average Bonchev–Trinajstić information content (AvgIpc) is 2.95. The molecule has 0 unspecified atom stereocenters. The molecule has 0 radical (unpaired) electrons. The van der Waals surface area contributed by atoms with Crippen LogP contribution in [0.25, 0.3) is 0 Å². The molecule has 1 aromatic rings. The molecule has 1 aromatic heterocycles. The lowest BCUT2D eigenvalue weighted by Gasteiger charge is -2.30. The number of alkyl halides is 2. The van der Waals surface area contributed by atoms with Gasteiger partial charge in [-0.2, -0.15) is 8.78 Å². The highest BCUT2D eigenvalue weighted by Gasteiger charge is 2.24. The summed E-state index contributed by atoms with van der Waals surface area (Å²) in [5, 5.41) is 3.01. The van der Waals surface area contributed by atoms with Crippen LogP contribution in [0.4, 0.5) is 13.6 Å². The fourth-order valence-electron chi connectivity index (χ4n) is 3.01. The molecule has 5 nitrogen and oxygen atoms in total. The molecule has 0 aliphatic heterocycles. The van der Waals surface area contributed by atoms with Crippen LogP contribution in [-0.4, -0.2) is 33.6 Å². The van der Waals surface area contributed by atoms with Crippen LogP contribution in [0.5, 0.6) is 0 Å². The van der Waals surface area contributed by atoms with E-state index in [-0.39, 0.29) is 24.4 Å². The summed E-state index contributed by atoms with van der Waals surface area (Å²) < 4.78 is 26.3. The predicted octanol–water partition coefficient (Wildman–Crippen LogP) is 3.39. The minimum absolute atomic E-state index is 0.0626. The third kappa shape index (κ3) is 4.18. The van der Waals surface area contributed by atoms with Crippen molar-refractivity contribution in [1.29, 1.82) is 0 Å². The second-order valence-electron chi connectivity index (χ2n) is 5.97. The summed E-state index contributed by atoms with van der Waals surface area (Å²) in [5.41, 5.74) is 0. The number of nitrogens with one attached hydrogen (secondary N) is 1. The van der Waals surface area contributed by atoms with E-state index in [1.54, 1.807) is 7.05 Å². The van der Waals surface area contributed by atoms with Crippen LogP contribution in [0, 0.1) is 5.92 Å². The first-order valence-corrected chi connectivity index (χ1v) is 7.82. The molecule has 1 N–H and O–H groups in total. The smallest absolute Gasteiger partial charge is 0.319 e. The van der Waals surface area contributed by atoms with Gasteiger partial charge in [-0.05, 0) is 18.8 Å². The van der Waals surface area contributed by atoms with E-state index in [0.717, 1.165) is 30.3 Å². The maximum atomic E-state index is 12.8. The van der Waals surface area contributed by atoms with Crippen molar-refractivity contribution in [2.45, 2.75) is 58.2 Å². The van der Waals surface area contributed by atoms with E-state index in [2.05, 4.69) is 17.2 Å². The minimum atomic E-state index is -2.64. The van der Waals surface area contributed by atoms with E-state index in [1.807, 2.05) is 0 Å². The molecule has 7 heteroatoms. The van der Waals surface area contributed by atoms with Crippen molar-refractivity contribution >= 4 is 6.03 Å². The fraction of sp³-hybridized carbons (Fsp3) is 0.733. The molecule has 0 bridgehead atoms. The number of nitrogens with zero attached hydrogens (tertiary/aromatic N) is 3. The first-order valence-electron chi connectivity index (χ1n) is 7.82. The molecule has 2 atom stereocenters. The van der Waals surface area contributed by atoms with Gasteiger partial charge in [0.25, 0.3) is 0 Å². The minimum Gasteiger partial charge on any atom is -0.335 e. The lowest BCUT2D eigenvalue weighted by atomic mass is 9.84. The Balaban J connectivity index is 1.88. The third-order valence-electron chi connectivity index (χ3n) is 4.37. The molecule has 2 rings (SSSR count). The molecule has 22 heavy (non-hydrogen) atoms. The Labute approximate surface area is 129 Å². The van der Waals surface area contributed by atoms with Crippen molar-refractivity contribution in [2.75, 3.05) is 7.05 Å². The normalized spacial score (nSPS) is 21.9. The van der Waals surface area contributed by atoms with Gasteiger partial charge in [0.2, 0.25) is 0 Å². The van der Waals surface area contributed by atoms with E-state index in [1.165, 1.54) is 23.7 Å². The zero-order valence-electron chi connectivity index (χ0n) is 13.1. The highest BCUT2D eigenvalue weighted by molar-refractivity contribution is 5.74. The van der Waals surface area contributed by atoms with Gasteiger partial charge in [-0.1, -0.05) is 26.2 Å². The van der Waals surface area contributed by atoms with Crippen LogP contribution in [-0.2, 0) is 6.54 Å². The molecule has 2 amide bonds. The molecule has 1 heterocycles. The Kier molecular flexibility index (Phi) is 5.74. The summed E-state index contributed by atoms with van der Waals surface area (Å²) in [5.74, 6) is 0.852. The van der Waals surface area contributed by atoms with E-state index in [0.29, 0.717) is 5.92 Å². The van der Waals surface area contributed by atoms with Gasteiger partial charge in [0.1, 0.15) is 5.82 Å². The molecule has 1 aliphatic carbocycles. The molecule has 124 valence electrons. The quantitative estimate of drug-likeness (QED) is 0.905. The number of urea groups is 1. The molecule has 1 aliphatic rings. The van der Waals surface area contributed by atoms with Gasteiger partial charge < -0.3 is 10.2 Å². The highest BCUT2D eigenvalue weighted by atomic mass is 19.3. The standard InChI is InChI=1S/C15H24F2N4O/c1-3-11-5-4-6-12(9-11)19-15(22)20(2)10-13-18-7-8-21(13)14(16)17/h7-8,11-12,14H,3-6,9-10H2,1-2H3,(H,19,22)/t11-,12+/m1/s1. The topological polar surface area (TPSA) is 50.2 Å². The van der Waals surface area contributed by atoms with E-state index in [9.17, 15) is 13.6 Å². The maximum absolute atomic E-state index is 12.8.